The van der Waals surface area contributed by atoms with E-state index in [4.69, 9.17) is 4.52 Å². The van der Waals surface area contributed by atoms with Crippen LogP contribution in [0.4, 0.5) is 0 Å². The maximum atomic E-state index is 12.6. The van der Waals surface area contributed by atoms with E-state index in [0.717, 1.165) is 18.5 Å². The molecule has 0 saturated heterocycles. The van der Waals surface area contributed by atoms with Crippen molar-refractivity contribution in [2.75, 3.05) is 0 Å². The van der Waals surface area contributed by atoms with Gasteiger partial charge >= 0.3 is 0 Å². The van der Waals surface area contributed by atoms with Crippen molar-refractivity contribution in [3.63, 3.8) is 0 Å². The molecule has 0 saturated carbocycles. The van der Waals surface area contributed by atoms with E-state index in [1.54, 1.807) is 6.07 Å². The van der Waals surface area contributed by atoms with Crippen molar-refractivity contribution in [1.29, 1.82) is 0 Å². The molecule has 0 aliphatic heterocycles. The summed E-state index contributed by atoms with van der Waals surface area (Å²) in [6.07, 6.45) is 5.85. The van der Waals surface area contributed by atoms with Gasteiger partial charge in [-0.15, -0.1) is 0 Å². The number of hydrogen-bond donors (Lipinski definition) is 1. The third-order valence-electron chi connectivity index (χ3n) is 3.86. The summed E-state index contributed by atoms with van der Waals surface area (Å²) in [5, 5.41) is 7.69. The molecule has 1 amide bonds. The zero-order valence-electron chi connectivity index (χ0n) is 13.9. The molecule has 0 spiro atoms. The Morgan fingerprint density at radius 2 is 2.09 bits per heavy atom. The number of unbranched alkanes of at least 4 members (excludes halogenated alkanes) is 3. The van der Waals surface area contributed by atoms with Gasteiger partial charge in [0.15, 0.2) is 0 Å². The summed E-state index contributed by atoms with van der Waals surface area (Å²) in [7, 11) is 0. The van der Waals surface area contributed by atoms with Crippen molar-refractivity contribution in [1.82, 2.24) is 15.5 Å². The molecular weight excluding hydrogens is 278 g/mol. The Labute approximate surface area is 131 Å². The number of aromatic nitrogens is 2. The number of rotatable bonds is 7. The quantitative estimate of drug-likeness (QED) is 0.787. The molecule has 1 atom stereocenters. The molecule has 1 N–H and O–H groups in total. The minimum atomic E-state index is -0.0789. The van der Waals surface area contributed by atoms with Crippen molar-refractivity contribution in [3.05, 3.63) is 23.0 Å². The number of nitrogens with one attached hydrogen (secondary N) is 1. The molecular formula is C17H25N3O2. The van der Waals surface area contributed by atoms with E-state index in [1.165, 1.54) is 19.3 Å². The topological polar surface area (TPSA) is 68.0 Å². The number of amides is 1. The molecule has 0 aromatic carbocycles. The van der Waals surface area contributed by atoms with E-state index >= 15 is 0 Å². The molecule has 1 unspecified atom stereocenters. The summed E-state index contributed by atoms with van der Waals surface area (Å²) in [5.74, 6) is -0.0789. The minimum Gasteiger partial charge on any atom is -0.350 e. The Bertz CT molecular complexity index is 649. The van der Waals surface area contributed by atoms with Gasteiger partial charge in [0.2, 0.25) is 0 Å². The van der Waals surface area contributed by atoms with Crippen LogP contribution in [0, 0.1) is 13.8 Å². The number of aryl methyl sites for hydroxylation is 2. The molecule has 0 bridgehead atoms. The molecule has 2 aromatic rings. The van der Waals surface area contributed by atoms with Gasteiger partial charge in [-0.05, 0) is 33.3 Å². The van der Waals surface area contributed by atoms with Crippen LogP contribution in [0.3, 0.4) is 0 Å². The van der Waals surface area contributed by atoms with Gasteiger partial charge in [-0.1, -0.05) is 37.8 Å². The molecule has 5 heteroatoms. The Kier molecular flexibility index (Phi) is 5.52. The minimum absolute atomic E-state index is 0.0789. The van der Waals surface area contributed by atoms with Gasteiger partial charge in [0.25, 0.3) is 11.6 Å². The van der Waals surface area contributed by atoms with Gasteiger partial charge in [0.05, 0.1) is 16.6 Å². The maximum Gasteiger partial charge on any atom is 0.258 e. The second-order valence-corrected chi connectivity index (χ2v) is 5.98. The highest BCUT2D eigenvalue weighted by molar-refractivity contribution is 6.06. The van der Waals surface area contributed by atoms with Gasteiger partial charge in [0, 0.05) is 11.7 Å². The van der Waals surface area contributed by atoms with Crippen LogP contribution in [0.2, 0.25) is 0 Å². The first kappa shape index (κ1) is 16.5. The molecule has 0 aliphatic carbocycles. The SMILES string of the molecule is CCCCCCC(C)NC(=O)c1cc(C)nc2onc(C)c12. The fraction of sp³-hybridized carbons (Fsp3) is 0.588. The molecule has 2 aromatic heterocycles. The molecule has 5 nitrogen and oxygen atoms in total. The Morgan fingerprint density at radius 1 is 1.32 bits per heavy atom. The monoisotopic (exact) mass is 303 g/mol. The predicted octanol–water partition coefficient (Wildman–Crippen LogP) is 3.93. The second-order valence-electron chi connectivity index (χ2n) is 5.98. The van der Waals surface area contributed by atoms with Crippen molar-refractivity contribution >= 4 is 17.0 Å². The molecule has 0 fully saturated rings. The first-order valence-corrected chi connectivity index (χ1v) is 8.07. The number of nitrogens with zero attached hydrogens (tertiary/aromatic N) is 2. The van der Waals surface area contributed by atoms with Gasteiger partial charge in [-0.2, -0.15) is 0 Å². The lowest BCUT2D eigenvalue weighted by molar-refractivity contribution is 0.0939. The van der Waals surface area contributed by atoms with Crippen LogP contribution in [-0.4, -0.2) is 22.1 Å². The van der Waals surface area contributed by atoms with Gasteiger partial charge in [-0.3, -0.25) is 4.79 Å². The predicted molar refractivity (Wildman–Crippen MR) is 87.0 cm³/mol. The van der Waals surface area contributed by atoms with E-state index < -0.39 is 0 Å². The van der Waals surface area contributed by atoms with Crippen molar-refractivity contribution in [2.24, 2.45) is 0 Å². The summed E-state index contributed by atoms with van der Waals surface area (Å²) >= 11 is 0. The first-order valence-electron chi connectivity index (χ1n) is 8.07. The average Bonchev–Trinajstić information content (AvgIpc) is 2.84. The smallest absolute Gasteiger partial charge is 0.258 e. The molecule has 22 heavy (non-hydrogen) atoms. The molecule has 0 aliphatic rings. The van der Waals surface area contributed by atoms with Crippen LogP contribution in [0.25, 0.3) is 11.1 Å². The molecule has 2 rings (SSSR count). The van der Waals surface area contributed by atoms with Crippen LogP contribution in [-0.2, 0) is 0 Å². The summed E-state index contributed by atoms with van der Waals surface area (Å²) in [6, 6.07) is 1.96. The number of hydrogen-bond acceptors (Lipinski definition) is 4. The fourth-order valence-electron chi connectivity index (χ4n) is 2.65. The van der Waals surface area contributed by atoms with Crippen LogP contribution >= 0.6 is 0 Å². The standard InChI is InChI=1S/C17H25N3O2/c1-5-6-7-8-9-11(2)18-16(21)14-10-12(3)19-17-15(14)13(4)20-22-17/h10-11H,5-9H2,1-4H3,(H,18,21). The van der Waals surface area contributed by atoms with E-state index in [2.05, 4.69) is 29.3 Å². The average molecular weight is 303 g/mol. The lowest BCUT2D eigenvalue weighted by Crippen LogP contribution is -2.32. The lowest BCUT2D eigenvalue weighted by Gasteiger charge is -2.14. The summed E-state index contributed by atoms with van der Waals surface area (Å²) in [6.45, 7) is 7.93. The summed E-state index contributed by atoms with van der Waals surface area (Å²) in [5.41, 5.74) is 2.48. The molecule has 0 radical (unpaired) electrons. The van der Waals surface area contributed by atoms with E-state index in [9.17, 15) is 4.79 Å². The van der Waals surface area contributed by atoms with Crippen molar-refractivity contribution in [3.8, 4) is 0 Å². The number of fused-ring (bicyclic) bond motifs is 1. The number of pyridine rings is 1. The third-order valence-corrected chi connectivity index (χ3v) is 3.86. The van der Waals surface area contributed by atoms with Gasteiger partial charge in [0.1, 0.15) is 0 Å². The normalized spacial score (nSPS) is 12.5. The highest BCUT2D eigenvalue weighted by Crippen LogP contribution is 2.22. The van der Waals surface area contributed by atoms with E-state index in [1.807, 2.05) is 13.8 Å². The molecule has 2 heterocycles. The zero-order chi connectivity index (χ0) is 16.1. The van der Waals surface area contributed by atoms with Crippen LogP contribution in [0.5, 0.6) is 0 Å². The van der Waals surface area contributed by atoms with Crippen LogP contribution in [0.15, 0.2) is 10.6 Å². The van der Waals surface area contributed by atoms with E-state index in [-0.39, 0.29) is 11.9 Å². The third kappa shape index (κ3) is 3.84. The Morgan fingerprint density at radius 3 is 2.82 bits per heavy atom. The van der Waals surface area contributed by atoms with Crippen LogP contribution in [0.1, 0.15) is 67.7 Å². The largest absolute Gasteiger partial charge is 0.350 e. The lowest BCUT2D eigenvalue weighted by atomic mass is 10.1. The van der Waals surface area contributed by atoms with E-state index in [0.29, 0.717) is 22.4 Å². The highest BCUT2D eigenvalue weighted by atomic mass is 16.5. The summed E-state index contributed by atoms with van der Waals surface area (Å²) in [4.78, 5) is 16.8. The van der Waals surface area contributed by atoms with Crippen LogP contribution < -0.4 is 5.32 Å². The van der Waals surface area contributed by atoms with Gasteiger partial charge in [-0.25, -0.2) is 4.98 Å². The second kappa shape index (κ2) is 7.38. The number of carbonyl (C=O) groups excluding carboxylic acids is 1. The highest BCUT2D eigenvalue weighted by Gasteiger charge is 2.18. The fourth-order valence-corrected chi connectivity index (χ4v) is 2.65. The zero-order valence-corrected chi connectivity index (χ0v) is 13.9. The molecule has 120 valence electrons. The summed E-state index contributed by atoms with van der Waals surface area (Å²) < 4.78 is 5.18. The Balaban J connectivity index is 2.08. The van der Waals surface area contributed by atoms with Crippen molar-refractivity contribution < 1.29 is 9.32 Å². The van der Waals surface area contributed by atoms with Gasteiger partial charge < -0.3 is 9.84 Å². The number of carbonyl (C=O) groups is 1. The maximum absolute atomic E-state index is 12.6. The Hall–Kier alpha value is -1.91. The first-order chi connectivity index (χ1) is 10.5. The van der Waals surface area contributed by atoms with Crippen molar-refractivity contribution in [2.45, 2.75) is 65.8 Å².